The first-order chi connectivity index (χ1) is 8.93. The quantitative estimate of drug-likeness (QED) is 0.810. The second kappa shape index (κ2) is 6.84. The van der Waals surface area contributed by atoms with E-state index in [0.717, 1.165) is 6.07 Å². The molecule has 0 fully saturated rings. The Balaban J connectivity index is 2.73. The van der Waals surface area contributed by atoms with Crippen LogP contribution in [0.3, 0.4) is 0 Å². The van der Waals surface area contributed by atoms with Gasteiger partial charge in [-0.1, -0.05) is 0 Å². The third-order valence-electron chi connectivity index (χ3n) is 2.52. The van der Waals surface area contributed by atoms with Gasteiger partial charge < -0.3 is 10.4 Å². The van der Waals surface area contributed by atoms with Gasteiger partial charge in [0.15, 0.2) is 0 Å². The van der Waals surface area contributed by atoms with Gasteiger partial charge in [0.05, 0.1) is 12.1 Å². The van der Waals surface area contributed by atoms with Crippen LogP contribution in [0.25, 0.3) is 0 Å². The van der Waals surface area contributed by atoms with E-state index >= 15 is 0 Å². The summed E-state index contributed by atoms with van der Waals surface area (Å²) in [6.07, 6.45) is 0. The molecule has 1 aromatic carbocycles. The van der Waals surface area contributed by atoms with Crippen LogP contribution in [0.5, 0.6) is 0 Å². The van der Waals surface area contributed by atoms with Crippen molar-refractivity contribution in [3.8, 4) is 0 Å². The number of benzene rings is 1. The van der Waals surface area contributed by atoms with Crippen LogP contribution in [0.4, 0.5) is 4.39 Å². The molecule has 0 bridgehead atoms. The Kier molecular flexibility index (Phi) is 5.44. The molecule has 0 aliphatic heterocycles. The Morgan fingerprint density at radius 3 is 2.68 bits per heavy atom. The van der Waals surface area contributed by atoms with Gasteiger partial charge in [0.2, 0.25) is 5.91 Å². The lowest BCUT2D eigenvalue weighted by atomic mass is 10.1. The highest BCUT2D eigenvalue weighted by Crippen LogP contribution is 2.12. The maximum absolute atomic E-state index is 13.6. The Hall–Kier alpha value is -1.95. The highest BCUT2D eigenvalue weighted by Gasteiger charge is 2.12. The zero-order valence-electron chi connectivity index (χ0n) is 10.9. The summed E-state index contributed by atoms with van der Waals surface area (Å²) in [7, 11) is 1.67. The van der Waals surface area contributed by atoms with Gasteiger partial charge in [-0.05, 0) is 32.2 Å². The number of halogens is 1. The molecular formula is C13H17FN2O3. The number of nitrogens with one attached hydrogen (secondary N) is 1. The van der Waals surface area contributed by atoms with Crippen LogP contribution in [0, 0.1) is 5.82 Å². The number of nitrogens with zero attached hydrogens (tertiary/aromatic N) is 1. The normalized spacial score (nSPS) is 10.5. The number of hydrogen-bond donors (Lipinski definition) is 2. The van der Waals surface area contributed by atoms with E-state index in [1.807, 2.05) is 6.92 Å². The fourth-order valence-electron chi connectivity index (χ4n) is 1.67. The molecule has 2 N–H and O–H groups in total. The van der Waals surface area contributed by atoms with Gasteiger partial charge in [-0.15, -0.1) is 0 Å². The maximum Gasteiger partial charge on any atom is 0.335 e. The van der Waals surface area contributed by atoms with Gasteiger partial charge >= 0.3 is 5.97 Å². The SMILES string of the molecule is CCNC(=O)CN(C)Cc1cc(C(=O)O)ccc1F. The fourth-order valence-corrected chi connectivity index (χ4v) is 1.67. The molecule has 0 heterocycles. The van der Waals surface area contributed by atoms with E-state index in [0.29, 0.717) is 6.54 Å². The van der Waals surface area contributed by atoms with E-state index in [9.17, 15) is 14.0 Å². The van der Waals surface area contributed by atoms with Crippen LogP contribution < -0.4 is 5.32 Å². The topological polar surface area (TPSA) is 69.6 Å². The largest absolute Gasteiger partial charge is 0.478 e. The molecule has 0 spiro atoms. The molecule has 0 aliphatic rings. The second-order valence-corrected chi connectivity index (χ2v) is 4.24. The lowest BCUT2D eigenvalue weighted by Crippen LogP contribution is -2.34. The average molecular weight is 268 g/mol. The van der Waals surface area contributed by atoms with Crippen molar-refractivity contribution < 1.29 is 19.1 Å². The lowest BCUT2D eigenvalue weighted by Gasteiger charge is -2.16. The Labute approximate surface area is 111 Å². The van der Waals surface area contributed by atoms with E-state index in [-0.39, 0.29) is 30.1 Å². The van der Waals surface area contributed by atoms with E-state index in [1.165, 1.54) is 12.1 Å². The highest BCUT2D eigenvalue weighted by molar-refractivity contribution is 5.87. The molecule has 0 atom stereocenters. The van der Waals surface area contributed by atoms with E-state index in [1.54, 1.807) is 11.9 Å². The van der Waals surface area contributed by atoms with Crippen LogP contribution >= 0.6 is 0 Å². The number of carboxylic acids is 1. The molecule has 0 saturated heterocycles. The Morgan fingerprint density at radius 2 is 2.11 bits per heavy atom. The van der Waals surface area contributed by atoms with Crippen LogP contribution in [0.1, 0.15) is 22.8 Å². The molecule has 1 aromatic rings. The van der Waals surface area contributed by atoms with Crippen LogP contribution in [-0.2, 0) is 11.3 Å². The zero-order chi connectivity index (χ0) is 14.4. The molecule has 1 amide bonds. The van der Waals surface area contributed by atoms with Gasteiger partial charge in [0.1, 0.15) is 5.82 Å². The van der Waals surface area contributed by atoms with Crippen molar-refractivity contribution in [1.29, 1.82) is 0 Å². The smallest absolute Gasteiger partial charge is 0.335 e. The number of aromatic carboxylic acids is 1. The number of carboxylic acid groups (broad SMARTS) is 1. The van der Waals surface area contributed by atoms with Crippen molar-refractivity contribution in [1.82, 2.24) is 10.2 Å². The minimum absolute atomic E-state index is 0.0304. The molecule has 0 radical (unpaired) electrons. The van der Waals surface area contributed by atoms with E-state index in [4.69, 9.17) is 5.11 Å². The number of rotatable bonds is 6. The van der Waals surface area contributed by atoms with Gasteiger partial charge in [0.25, 0.3) is 0 Å². The van der Waals surface area contributed by atoms with Gasteiger partial charge in [-0.2, -0.15) is 0 Å². The molecule has 104 valence electrons. The van der Waals surface area contributed by atoms with Gasteiger partial charge in [-0.25, -0.2) is 9.18 Å². The first-order valence-electron chi connectivity index (χ1n) is 5.91. The summed E-state index contributed by atoms with van der Waals surface area (Å²) in [6.45, 7) is 2.65. The van der Waals surface area contributed by atoms with Crippen molar-refractivity contribution in [2.45, 2.75) is 13.5 Å². The average Bonchev–Trinajstić information content (AvgIpc) is 2.31. The van der Waals surface area contributed by atoms with Crippen molar-refractivity contribution in [3.05, 3.63) is 35.1 Å². The molecule has 0 unspecified atom stereocenters. The Bertz CT molecular complexity index is 477. The van der Waals surface area contributed by atoms with Crippen molar-refractivity contribution in [2.24, 2.45) is 0 Å². The van der Waals surface area contributed by atoms with Gasteiger partial charge in [0, 0.05) is 18.7 Å². The molecule has 0 aromatic heterocycles. The summed E-state index contributed by atoms with van der Waals surface area (Å²) in [6, 6.07) is 3.62. The number of carbonyl (C=O) groups is 2. The number of amides is 1. The molecule has 6 heteroatoms. The van der Waals surface area contributed by atoms with Crippen LogP contribution in [0.15, 0.2) is 18.2 Å². The Morgan fingerprint density at radius 1 is 1.42 bits per heavy atom. The predicted molar refractivity (Wildman–Crippen MR) is 68.4 cm³/mol. The second-order valence-electron chi connectivity index (χ2n) is 4.24. The molecule has 0 aliphatic carbocycles. The number of likely N-dealkylation sites (N-methyl/N-ethyl adjacent to an activating group) is 2. The first-order valence-corrected chi connectivity index (χ1v) is 5.91. The molecule has 1 rings (SSSR count). The van der Waals surface area contributed by atoms with E-state index < -0.39 is 11.8 Å². The monoisotopic (exact) mass is 268 g/mol. The summed E-state index contributed by atoms with van der Waals surface area (Å²) in [5, 5.41) is 11.5. The molecular weight excluding hydrogens is 251 g/mol. The third-order valence-corrected chi connectivity index (χ3v) is 2.52. The summed E-state index contributed by atoms with van der Waals surface area (Å²) in [5.74, 6) is -1.74. The summed E-state index contributed by atoms with van der Waals surface area (Å²) < 4.78 is 13.6. The van der Waals surface area contributed by atoms with Gasteiger partial charge in [-0.3, -0.25) is 9.69 Å². The van der Waals surface area contributed by atoms with Crippen molar-refractivity contribution >= 4 is 11.9 Å². The minimum atomic E-state index is -1.10. The summed E-state index contributed by atoms with van der Waals surface area (Å²) >= 11 is 0. The fraction of sp³-hybridized carbons (Fsp3) is 0.385. The number of carbonyl (C=O) groups excluding carboxylic acids is 1. The zero-order valence-corrected chi connectivity index (χ0v) is 10.9. The van der Waals surface area contributed by atoms with Crippen LogP contribution in [0.2, 0.25) is 0 Å². The molecule has 19 heavy (non-hydrogen) atoms. The first kappa shape index (κ1) is 15.1. The minimum Gasteiger partial charge on any atom is -0.478 e. The van der Waals surface area contributed by atoms with Crippen LogP contribution in [-0.4, -0.2) is 42.0 Å². The molecule has 0 saturated carbocycles. The summed E-state index contributed by atoms with van der Waals surface area (Å²) in [5.41, 5.74) is 0.287. The lowest BCUT2D eigenvalue weighted by molar-refractivity contribution is -0.121. The maximum atomic E-state index is 13.6. The predicted octanol–water partition coefficient (Wildman–Crippen LogP) is 1.09. The summed E-state index contributed by atoms with van der Waals surface area (Å²) in [4.78, 5) is 23.8. The number of hydrogen-bond acceptors (Lipinski definition) is 3. The molecule has 5 nitrogen and oxygen atoms in total. The van der Waals surface area contributed by atoms with Crippen molar-refractivity contribution in [3.63, 3.8) is 0 Å². The highest BCUT2D eigenvalue weighted by atomic mass is 19.1. The third kappa shape index (κ3) is 4.67. The standard InChI is InChI=1S/C13H17FN2O3/c1-3-15-12(17)8-16(2)7-10-6-9(13(18)19)4-5-11(10)14/h4-6H,3,7-8H2,1-2H3,(H,15,17)(H,18,19). The van der Waals surface area contributed by atoms with E-state index in [2.05, 4.69) is 5.32 Å². The van der Waals surface area contributed by atoms with Crippen molar-refractivity contribution in [2.75, 3.05) is 20.1 Å².